The summed E-state index contributed by atoms with van der Waals surface area (Å²) in [5.41, 5.74) is 2.07. The van der Waals surface area contributed by atoms with Gasteiger partial charge < -0.3 is 4.74 Å². The highest BCUT2D eigenvalue weighted by Gasteiger charge is 2.18. The normalized spacial score (nSPS) is 11.2. The van der Waals surface area contributed by atoms with Crippen LogP contribution in [0.5, 0.6) is 5.75 Å². The van der Waals surface area contributed by atoms with Crippen LogP contribution in [0.3, 0.4) is 0 Å². The molecule has 5 heteroatoms. The third-order valence-electron chi connectivity index (χ3n) is 3.23. The summed E-state index contributed by atoms with van der Waals surface area (Å²) in [6.45, 7) is 6.20. The molecule has 0 radical (unpaired) electrons. The Hall–Kier alpha value is -2.01. The maximum Gasteiger partial charge on any atom is 0.262 e. The molecule has 0 spiro atoms. The summed E-state index contributed by atoms with van der Waals surface area (Å²) in [6.07, 6.45) is 0.859. The lowest BCUT2D eigenvalue weighted by Gasteiger charge is -2.14. The number of para-hydroxylation sites is 2. The first-order chi connectivity index (χ1) is 10.4. The van der Waals surface area contributed by atoms with Crippen LogP contribution in [-0.4, -0.2) is 15.0 Å². The molecule has 0 aromatic heterocycles. The predicted molar refractivity (Wildman–Crippen MR) is 89.0 cm³/mol. The van der Waals surface area contributed by atoms with Gasteiger partial charge in [-0.3, -0.25) is 4.72 Å². The van der Waals surface area contributed by atoms with E-state index < -0.39 is 10.0 Å². The molecule has 118 valence electrons. The van der Waals surface area contributed by atoms with Crippen LogP contribution in [0.4, 0.5) is 5.69 Å². The summed E-state index contributed by atoms with van der Waals surface area (Å²) in [6, 6.07) is 12.4. The third kappa shape index (κ3) is 3.80. The predicted octanol–water partition coefficient (Wildman–Crippen LogP) is 3.89. The maximum absolute atomic E-state index is 12.6. The number of rotatable bonds is 6. The second-order valence-electron chi connectivity index (χ2n) is 5.22. The Kier molecular flexibility index (Phi) is 5.08. The van der Waals surface area contributed by atoms with Crippen LogP contribution in [0.15, 0.2) is 47.4 Å². The van der Waals surface area contributed by atoms with Crippen LogP contribution >= 0.6 is 0 Å². The summed E-state index contributed by atoms with van der Waals surface area (Å²) >= 11 is 0. The molecule has 0 aliphatic rings. The Bertz CT molecular complexity index is 754. The van der Waals surface area contributed by atoms with E-state index in [0.717, 1.165) is 12.0 Å². The zero-order valence-corrected chi connectivity index (χ0v) is 13.9. The summed E-state index contributed by atoms with van der Waals surface area (Å²) in [7, 11) is -3.64. The van der Waals surface area contributed by atoms with Crippen molar-refractivity contribution in [2.24, 2.45) is 0 Å². The fourth-order valence-electron chi connectivity index (χ4n) is 2.09. The van der Waals surface area contributed by atoms with Gasteiger partial charge in [0.25, 0.3) is 10.0 Å². The molecule has 4 nitrogen and oxygen atoms in total. The van der Waals surface area contributed by atoms with Gasteiger partial charge in [-0.2, -0.15) is 0 Å². The van der Waals surface area contributed by atoms with E-state index in [1.807, 2.05) is 32.0 Å². The van der Waals surface area contributed by atoms with Crippen molar-refractivity contribution in [2.75, 3.05) is 11.3 Å². The lowest BCUT2D eigenvalue weighted by Crippen LogP contribution is -2.15. The number of nitrogens with one attached hydrogen (secondary N) is 1. The quantitative estimate of drug-likeness (QED) is 0.878. The molecular weight excluding hydrogens is 298 g/mol. The van der Waals surface area contributed by atoms with Gasteiger partial charge >= 0.3 is 0 Å². The van der Waals surface area contributed by atoms with Gasteiger partial charge in [-0.25, -0.2) is 8.42 Å². The fourth-order valence-corrected chi connectivity index (χ4v) is 3.49. The number of benzene rings is 2. The molecule has 0 unspecified atom stereocenters. The minimum absolute atomic E-state index is 0.290. The largest absolute Gasteiger partial charge is 0.491 e. The molecule has 0 bridgehead atoms. The number of sulfonamides is 1. The first-order valence-corrected chi connectivity index (χ1v) is 8.74. The maximum atomic E-state index is 12.6. The van der Waals surface area contributed by atoms with E-state index in [-0.39, 0.29) is 4.90 Å². The molecule has 1 N–H and O–H groups in total. The van der Waals surface area contributed by atoms with Crippen molar-refractivity contribution in [3.63, 3.8) is 0 Å². The Morgan fingerprint density at radius 2 is 1.82 bits per heavy atom. The average molecular weight is 319 g/mol. The van der Waals surface area contributed by atoms with Crippen molar-refractivity contribution in [1.82, 2.24) is 0 Å². The highest BCUT2D eigenvalue weighted by Crippen LogP contribution is 2.27. The van der Waals surface area contributed by atoms with Crippen molar-refractivity contribution in [3.05, 3.63) is 53.6 Å². The number of aryl methyl sites for hydroxylation is 2. The number of hydrogen-bond acceptors (Lipinski definition) is 3. The van der Waals surface area contributed by atoms with Gasteiger partial charge in [0, 0.05) is 0 Å². The van der Waals surface area contributed by atoms with Crippen LogP contribution < -0.4 is 9.46 Å². The lowest BCUT2D eigenvalue weighted by atomic mass is 10.2. The minimum atomic E-state index is -3.64. The van der Waals surface area contributed by atoms with Gasteiger partial charge in [0.1, 0.15) is 5.75 Å². The number of hydrogen-bond donors (Lipinski definition) is 1. The molecule has 2 aromatic carbocycles. The van der Waals surface area contributed by atoms with Crippen LogP contribution in [0.1, 0.15) is 24.5 Å². The summed E-state index contributed by atoms with van der Waals surface area (Å²) in [4.78, 5) is 0.290. The van der Waals surface area contributed by atoms with Gasteiger partial charge in [0.2, 0.25) is 0 Å². The number of ether oxygens (including phenoxy) is 1. The van der Waals surface area contributed by atoms with Gasteiger partial charge in [-0.15, -0.1) is 0 Å². The summed E-state index contributed by atoms with van der Waals surface area (Å²) < 4.78 is 33.5. The zero-order chi connectivity index (χ0) is 16.2. The van der Waals surface area contributed by atoms with E-state index in [9.17, 15) is 8.42 Å². The minimum Gasteiger partial charge on any atom is -0.491 e. The Balaban J connectivity index is 2.35. The highest BCUT2D eigenvalue weighted by molar-refractivity contribution is 7.92. The van der Waals surface area contributed by atoms with Gasteiger partial charge in [-0.1, -0.05) is 31.2 Å². The van der Waals surface area contributed by atoms with Crippen LogP contribution in [0.25, 0.3) is 0 Å². The lowest BCUT2D eigenvalue weighted by molar-refractivity contribution is 0.319. The molecule has 2 aromatic rings. The average Bonchev–Trinajstić information content (AvgIpc) is 2.48. The van der Waals surface area contributed by atoms with Crippen molar-refractivity contribution in [1.29, 1.82) is 0 Å². The Morgan fingerprint density at radius 1 is 1.09 bits per heavy atom. The van der Waals surface area contributed by atoms with Crippen LogP contribution in [0, 0.1) is 13.8 Å². The molecule has 0 aliphatic heterocycles. The van der Waals surface area contributed by atoms with Crippen molar-refractivity contribution < 1.29 is 13.2 Å². The van der Waals surface area contributed by atoms with Gasteiger partial charge in [-0.05, 0) is 49.6 Å². The summed E-state index contributed by atoms with van der Waals surface area (Å²) in [5.74, 6) is 0.540. The van der Waals surface area contributed by atoms with Crippen molar-refractivity contribution in [3.8, 4) is 5.75 Å². The van der Waals surface area contributed by atoms with E-state index in [4.69, 9.17) is 4.74 Å². The fraction of sp³-hybridized carbons (Fsp3) is 0.294. The van der Waals surface area contributed by atoms with E-state index in [1.165, 1.54) is 0 Å². The molecule has 2 rings (SSSR count). The second-order valence-corrected chi connectivity index (χ2v) is 6.87. The van der Waals surface area contributed by atoms with E-state index in [1.54, 1.807) is 31.2 Å². The molecule has 22 heavy (non-hydrogen) atoms. The zero-order valence-electron chi connectivity index (χ0n) is 13.1. The van der Waals surface area contributed by atoms with Crippen LogP contribution in [0.2, 0.25) is 0 Å². The molecule has 0 heterocycles. The monoisotopic (exact) mass is 319 g/mol. The first-order valence-electron chi connectivity index (χ1n) is 7.26. The third-order valence-corrected chi connectivity index (χ3v) is 4.73. The smallest absolute Gasteiger partial charge is 0.262 e. The highest BCUT2D eigenvalue weighted by atomic mass is 32.2. The van der Waals surface area contributed by atoms with Gasteiger partial charge in [0.15, 0.2) is 0 Å². The van der Waals surface area contributed by atoms with E-state index in [2.05, 4.69) is 4.72 Å². The van der Waals surface area contributed by atoms with Crippen molar-refractivity contribution >= 4 is 15.7 Å². The molecular formula is C17H21NO3S. The SMILES string of the molecule is CCCOc1ccccc1NS(=O)(=O)c1cc(C)ccc1C. The molecule has 0 fully saturated rings. The van der Waals surface area contributed by atoms with E-state index >= 15 is 0 Å². The molecule has 0 atom stereocenters. The molecule has 0 saturated carbocycles. The number of anilines is 1. The Labute approximate surface area is 132 Å². The van der Waals surface area contributed by atoms with Crippen LogP contribution in [-0.2, 0) is 10.0 Å². The Morgan fingerprint density at radius 3 is 2.55 bits per heavy atom. The molecule has 0 saturated heterocycles. The standard InChI is InChI=1S/C17H21NO3S/c1-4-11-21-16-8-6-5-7-15(16)18-22(19,20)17-12-13(2)9-10-14(17)3/h5-10,12,18H,4,11H2,1-3H3. The van der Waals surface area contributed by atoms with Gasteiger partial charge in [0.05, 0.1) is 17.2 Å². The second kappa shape index (κ2) is 6.83. The first kappa shape index (κ1) is 16.4. The molecule has 0 aliphatic carbocycles. The topological polar surface area (TPSA) is 55.4 Å². The summed E-state index contributed by atoms with van der Waals surface area (Å²) in [5, 5.41) is 0. The molecule has 0 amide bonds. The van der Waals surface area contributed by atoms with Crippen molar-refractivity contribution in [2.45, 2.75) is 32.1 Å². The van der Waals surface area contributed by atoms with E-state index in [0.29, 0.717) is 23.6 Å².